The zero-order chi connectivity index (χ0) is 17.2. The van der Waals surface area contributed by atoms with Crippen LogP contribution in [0, 0.1) is 0 Å². The third-order valence-corrected chi connectivity index (χ3v) is 4.07. The van der Waals surface area contributed by atoms with E-state index in [4.69, 9.17) is 11.6 Å². The van der Waals surface area contributed by atoms with E-state index in [1.807, 2.05) is 28.8 Å². The Labute approximate surface area is 148 Å². The molecule has 2 aromatic heterocycles. The normalized spacial score (nSPS) is 10.8. The van der Waals surface area contributed by atoms with Gasteiger partial charge in [-0.15, -0.1) is 0 Å². The van der Waals surface area contributed by atoms with Crippen LogP contribution in [0.5, 0.6) is 0 Å². The molecule has 0 atom stereocenters. The summed E-state index contributed by atoms with van der Waals surface area (Å²) in [4.78, 5) is 21.0. The first-order valence-electron chi connectivity index (χ1n) is 7.66. The van der Waals surface area contributed by atoms with Crippen LogP contribution >= 0.6 is 11.6 Å². The molecule has 1 amide bonds. The lowest BCUT2D eigenvalue weighted by Gasteiger charge is -2.07. The smallest absolute Gasteiger partial charge is 0.255 e. The lowest BCUT2D eigenvalue weighted by Crippen LogP contribution is -2.11. The van der Waals surface area contributed by atoms with E-state index in [0.717, 1.165) is 16.9 Å². The lowest BCUT2D eigenvalue weighted by molar-refractivity contribution is 0.102. The molecule has 0 aliphatic heterocycles. The second-order valence-corrected chi connectivity index (χ2v) is 5.91. The molecule has 0 bridgehead atoms. The highest BCUT2D eigenvalue weighted by Gasteiger charge is 2.08. The number of hydrogen-bond donors (Lipinski definition) is 1. The average Bonchev–Trinajstić information content (AvgIpc) is 3.08. The van der Waals surface area contributed by atoms with Crippen molar-refractivity contribution in [3.63, 3.8) is 0 Å². The highest BCUT2D eigenvalue weighted by atomic mass is 35.5. The predicted molar refractivity (Wildman–Crippen MR) is 98.3 cm³/mol. The van der Waals surface area contributed by atoms with E-state index < -0.39 is 0 Å². The monoisotopic (exact) mass is 348 g/mol. The highest BCUT2D eigenvalue weighted by Crippen LogP contribution is 2.18. The highest BCUT2D eigenvalue weighted by molar-refractivity contribution is 6.30. The van der Waals surface area contributed by atoms with Gasteiger partial charge in [-0.1, -0.05) is 11.6 Å². The van der Waals surface area contributed by atoms with Gasteiger partial charge < -0.3 is 5.32 Å². The largest absolute Gasteiger partial charge is 0.322 e. The first-order chi connectivity index (χ1) is 12.2. The number of pyridine rings is 1. The van der Waals surface area contributed by atoms with Gasteiger partial charge in [0.15, 0.2) is 5.65 Å². The second kappa shape index (κ2) is 6.37. The Hall–Kier alpha value is -3.18. The van der Waals surface area contributed by atoms with Crippen molar-refractivity contribution >= 4 is 34.4 Å². The summed E-state index contributed by atoms with van der Waals surface area (Å²) in [5.74, 6) is -0.178. The summed E-state index contributed by atoms with van der Waals surface area (Å²) in [7, 11) is 0. The van der Waals surface area contributed by atoms with Crippen LogP contribution in [0.4, 0.5) is 5.69 Å². The van der Waals surface area contributed by atoms with Crippen LogP contribution in [-0.2, 0) is 0 Å². The number of nitrogens with one attached hydrogen (secondary N) is 1. The van der Waals surface area contributed by atoms with Gasteiger partial charge >= 0.3 is 0 Å². The fraction of sp³-hybridized carbons (Fsp3) is 0. The number of carbonyl (C=O) groups is 1. The minimum absolute atomic E-state index is 0.178. The number of rotatable bonds is 3. The molecule has 0 radical (unpaired) electrons. The van der Waals surface area contributed by atoms with Gasteiger partial charge in [0.1, 0.15) is 11.8 Å². The molecular weight excluding hydrogens is 336 g/mol. The summed E-state index contributed by atoms with van der Waals surface area (Å²) in [6, 6.07) is 18.0. The van der Waals surface area contributed by atoms with Gasteiger partial charge in [0.05, 0.1) is 0 Å². The molecule has 0 fully saturated rings. The summed E-state index contributed by atoms with van der Waals surface area (Å²) in [6.45, 7) is 0. The van der Waals surface area contributed by atoms with Crippen LogP contribution in [0.1, 0.15) is 10.4 Å². The van der Waals surface area contributed by atoms with E-state index in [2.05, 4.69) is 15.3 Å². The summed E-state index contributed by atoms with van der Waals surface area (Å²) in [5, 5.41) is 3.47. The molecule has 25 heavy (non-hydrogen) atoms. The molecule has 0 aliphatic rings. The molecule has 0 saturated carbocycles. The molecule has 0 saturated heterocycles. The molecule has 5 nitrogen and oxygen atoms in total. The molecule has 4 aromatic rings. The number of nitrogens with zero attached hydrogens (tertiary/aromatic N) is 3. The van der Waals surface area contributed by atoms with Crippen molar-refractivity contribution in [3.8, 4) is 5.69 Å². The number of hydrogen-bond acceptors (Lipinski definition) is 3. The molecule has 0 spiro atoms. The fourth-order valence-corrected chi connectivity index (χ4v) is 2.67. The first kappa shape index (κ1) is 15.4. The van der Waals surface area contributed by atoms with E-state index in [9.17, 15) is 4.79 Å². The molecular formula is C19H13ClN4O. The lowest BCUT2D eigenvalue weighted by atomic mass is 10.2. The number of imidazole rings is 1. The van der Waals surface area contributed by atoms with Gasteiger partial charge in [-0.05, 0) is 60.7 Å². The fourth-order valence-electron chi connectivity index (χ4n) is 2.55. The van der Waals surface area contributed by atoms with Crippen molar-refractivity contribution in [2.45, 2.75) is 0 Å². The third kappa shape index (κ3) is 3.09. The summed E-state index contributed by atoms with van der Waals surface area (Å²) < 4.78 is 1.89. The number of halogens is 1. The quantitative estimate of drug-likeness (QED) is 0.599. The maximum absolute atomic E-state index is 12.3. The van der Waals surface area contributed by atoms with Crippen molar-refractivity contribution in [2.75, 3.05) is 5.32 Å². The molecule has 1 N–H and O–H groups in total. The molecule has 0 aliphatic carbocycles. The van der Waals surface area contributed by atoms with Crippen LogP contribution in [0.25, 0.3) is 16.9 Å². The zero-order valence-corrected chi connectivity index (χ0v) is 13.8. The molecule has 6 heteroatoms. The number of fused-ring (bicyclic) bond motifs is 1. The Balaban J connectivity index is 1.57. The summed E-state index contributed by atoms with van der Waals surface area (Å²) >= 11 is 5.85. The van der Waals surface area contributed by atoms with Gasteiger partial charge in [-0.25, -0.2) is 9.97 Å². The Morgan fingerprint density at radius 1 is 0.960 bits per heavy atom. The van der Waals surface area contributed by atoms with Crippen LogP contribution in [0.3, 0.4) is 0 Å². The van der Waals surface area contributed by atoms with E-state index in [-0.39, 0.29) is 5.91 Å². The molecule has 2 heterocycles. The van der Waals surface area contributed by atoms with Crippen molar-refractivity contribution in [1.82, 2.24) is 14.5 Å². The van der Waals surface area contributed by atoms with Crippen LogP contribution in [0.15, 0.2) is 73.2 Å². The molecule has 2 aromatic carbocycles. The van der Waals surface area contributed by atoms with E-state index in [1.165, 1.54) is 0 Å². The van der Waals surface area contributed by atoms with E-state index in [1.54, 1.807) is 48.9 Å². The van der Waals surface area contributed by atoms with Crippen LogP contribution in [-0.4, -0.2) is 20.4 Å². The number of amides is 1. The maximum atomic E-state index is 12.3. The standard InChI is InChI=1S/C19H13ClN4O/c20-14-5-7-15(8-6-14)23-19(25)13-3-9-16(10-4-13)24-12-22-17-2-1-11-21-18(17)24/h1-12H,(H,23,25). The Morgan fingerprint density at radius 3 is 2.48 bits per heavy atom. The van der Waals surface area contributed by atoms with Crippen LogP contribution < -0.4 is 5.32 Å². The number of carbonyl (C=O) groups excluding carboxylic acids is 1. The first-order valence-corrected chi connectivity index (χ1v) is 8.04. The van der Waals surface area contributed by atoms with Crippen molar-refractivity contribution in [3.05, 3.63) is 83.8 Å². The zero-order valence-electron chi connectivity index (χ0n) is 13.1. The average molecular weight is 349 g/mol. The van der Waals surface area contributed by atoms with Gasteiger partial charge in [-0.2, -0.15) is 0 Å². The number of aromatic nitrogens is 3. The molecule has 122 valence electrons. The minimum atomic E-state index is -0.178. The van der Waals surface area contributed by atoms with Gasteiger partial charge in [0.25, 0.3) is 5.91 Å². The van der Waals surface area contributed by atoms with E-state index in [0.29, 0.717) is 16.3 Å². The van der Waals surface area contributed by atoms with Crippen molar-refractivity contribution in [2.24, 2.45) is 0 Å². The van der Waals surface area contributed by atoms with E-state index >= 15 is 0 Å². The number of anilines is 1. The van der Waals surface area contributed by atoms with Gasteiger partial charge in [0, 0.05) is 28.2 Å². The summed E-state index contributed by atoms with van der Waals surface area (Å²) in [6.07, 6.45) is 3.45. The SMILES string of the molecule is O=C(Nc1ccc(Cl)cc1)c1ccc(-n2cnc3cccnc32)cc1. The molecule has 4 rings (SSSR count). The van der Waals surface area contributed by atoms with Gasteiger partial charge in [0.2, 0.25) is 0 Å². The third-order valence-electron chi connectivity index (χ3n) is 3.82. The van der Waals surface area contributed by atoms with Gasteiger partial charge in [-0.3, -0.25) is 9.36 Å². The van der Waals surface area contributed by atoms with Crippen molar-refractivity contribution < 1.29 is 4.79 Å². The second-order valence-electron chi connectivity index (χ2n) is 5.47. The number of benzene rings is 2. The van der Waals surface area contributed by atoms with Crippen LogP contribution in [0.2, 0.25) is 5.02 Å². The summed E-state index contributed by atoms with van der Waals surface area (Å²) in [5.41, 5.74) is 3.76. The Bertz CT molecular complexity index is 1040. The Morgan fingerprint density at radius 2 is 1.72 bits per heavy atom. The topological polar surface area (TPSA) is 59.8 Å². The predicted octanol–water partition coefficient (Wildman–Crippen LogP) is 4.33. The Kier molecular flexibility index (Phi) is 3.91. The minimum Gasteiger partial charge on any atom is -0.322 e. The molecule has 0 unspecified atom stereocenters. The van der Waals surface area contributed by atoms with Crippen molar-refractivity contribution in [1.29, 1.82) is 0 Å². The maximum Gasteiger partial charge on any atom is 0.255 e.